The van der Waals surface area contributed by atoms with E-state index in [1.807, 2.05) is 0 Å². The van der Waals surface area contributed by atoms with Gasteiger partial charge in [0.1, 0.15) is 0 Å². The van der Waals surface area contributed by atoms with Crippen molar-refractivity contribution in [2.45, 2.75) is 65.5 Å². The highest BCUT2D eigenvalue weighted by molar-refractivity contribution is 4.88. The van der Waals surface area contributed by atoms with E-state index in [1.54, 1.807) is 0 Å². The number of hydrogen-bond donors (Lipinski definition) is 0. The molecule has 0 saturated heterocycles. The highest BCUT2D eigenvalue weighted by atomic mass is 15.2. The smallest absolute Gasteiger partial charge is 0.0251 e. The van der Waals surface area contributed by atoms with E-state index in [2.05, 4.69) is 37.5 Å². The first-order valence-corrected chi connectivity index (χ1v) is 7.26. The van der Waals surface area contributed by atoms with Gasteiger partial charge in [-0.1, -0.05) is 40.5 Å². The van der Waals surface area contributed by atoms with E-state index in [1.165, 1.54) is 51.9 Å². The molecule has 0 aromatic rings. The summed E-state index contributed by atoms with van der Waals surface area (Å²) in [5.74, 6) is 0. The van der Waals surface area contributed by atoms with E-state index >= 15 is 0 Å². The van der Waals surface area contributed by atoms with Crippen molar-refractivity contribution in [2.75, 3.05) is 26.2 Å². The summed E-state index contributed by atoms with van der Waals surface area (Å²) in [4.78, 5) is 5.34. The van der Waals surface area contributed by atoms with Gasteiger partial charge in [0.15, 0.2) is 0 Å². The zero-order chi connectivity index (χ0) is 12.0. The Labute approximate surface area is 102 Å². The van der Waals surface area contributed by atoms with Gasteiger partial charge in [-0.05, 0) is 39.0 Å². The molecule has 96 valence electrons. The lowest BCUT2D eigenvalue weighted by Crippen LogP contribution is -2.53. The van der Waals surface area contributed by atoms with Gasteiger partial charge in [0.25, 0.3) is 0 Å². The largest absolute Gasteiger partial charge is 0.299 e. The Balaban J connectivity index is 2.68. The molecule has 0 amide bonds. The van der Waals surface area contributed by atoms with Crippen LogP contribution in [-0.4, -0.2) is 48.1 Å². The van der Waals surface area contributed by atoms with Crippen LogP contribution < -0.4 is 0 Å². The maximum atomic E-state index is 2.67. The normalized spacial score (nSPS) is 26.6. The summed E-state index contributed by atoms with van der Waals surface area (Å²) in [6, 6.07) is 1.62. The Morgan fingerprint density at radius 1 is 0.688 bits per heavy atom. The third-order valence-corrected chi connectivity index (χ3v) is 4.26. The number of nitrogens with zero attached hydrogens (tertiary/aromatic N) is 2. The second-order valence-electron chi connectivity index (χ2n) is 4.86. The van der Waals surface area contributed by atoms with Crippen LogP contribution in [0.15, 0.2) is 0 Å². The zero-order valence-corrected chi connectivity index (χ0v) is 11.7. The molecule has 1 saturated carbocycles. The highest BCUT2D eigenvalue weighted by Crippen LogP contribution is 2.27. The summed E-state index contributed by atoms with van der Waals surface area (Å²) in [5.41, 5.74) is 0. The van der Waals surface area contributed by atoms with Crippen LogP contribution in [0.5, 0.6) is 0 Å². The predicted molar refractivity (Wildman–Crippen MR) is 71.9 cm³/mol. The van der Waals surface area contributed by atoms with Crippen LogP contribution in [0.3, 0.4) is 0 Å². The van der Waals surface area contributed by atoms with Crippen LogP contribution in [-0.2, 0) is 0 Å². The summed E-state index contributed by atoms with van der Waals surface area (Å²) >= 11 is 0. The number of rotatable bonds is 6. The Kier molecular flexibility index (Phi) is 6.37. The summed E-state index contributed by atoms with van der Waals surface area (Å²) in [5, 5.41) is 0. The van der Waals surface area contributed by atoms with Crippen LogP contribution in [0.2, 0.25) is 0 Å². The Hall–Kier alpha value is -0.0800. The fourth-order valence-corrected chi connectivity index (χ4v) is 3.33. The van der Waals surface area contributed by atoms with Gasteiger partial charge in [-0.2, -0.15) is 0 Å². The van der Waals surface area contributed by atoms with Crippen molar-refractivity contribution in [1.29, 1.82) is 0 Å². The molecule has 16 heavy (non-hydrogen) atoms. The molecule has 1 aliphatic carbocycles. The summed E-state index contributed by atoms with van der Waals surface area (Å²) in [7, 11) is 0. The SMILES string of the molecule is CCN(CC)C1CCCCC1N(CC)CC. The zero-order valence-electron chi connectivity index (χ0n) is 11.7. The standard InChI is InChI=1S/C14H30N2/c1-5-15(6-2)13-11-9-10-12-14(13)16(7-3)8-4/h13-14H,5-12H2,1-4H3. The van der Waals surface area contributed by atoms with Crippen molar-refractivity contribution in [1.82, 2.24) is 9.80 Å². The lowest BCUT2D eigenvalue weighted by atomic mass is 9.88. The van der Waals surface area contributed by atoms with Crippen LogP contribution in [0.1, 0.15) is 53.4 Å². The minimum Gasteiger partial charge on any atom is -0.299 e. The predicted octanol–water partition coefficient (Wildman–Crippen LogP) is 2.98. The number of likely N-dealkylation sites (N-methyl/N-ethyl adjacent to an activating group) is 2. The molecule has 2 unspecified atom stereocenters. The highest BCUT2D eigenvalue weighted by Gasteiger charge is 2.31. The Morgan fingerprint density at radius 3 is 1.25 bits per heavy atom. The van der Waals surface area contributed by atoms with Crippen LogP contribution in [0, 0.1) is 0 Å². The van der Waals surface area contributed by atoms with E-state index in [-0.39, 0.29) is 0 Å². The average molecular weight is 226 g/mol. The molecule has 1 rings (SSSR count). The van der Waals surface area contributed by atoms with Crippen molar-refractivity contribution < 1.29 is 0 Å². The molecule has 1 aliphatic rings. The molecule has 0 aliphatic heterocycles. The van der Waals surface area contributed by atoms with Gasteiger partial charge in [-0.25, -0.2) is 0 Å². The third-order valence-electron chi connectivity index (χ3n) is 4.26. The first kappa shape index (κ1) is 14.0. The molecule has 0 aromatic carbocycles. The lowest BCUT2D eigenvalue weighted by molar-refractivity contribution is 0.0590. The second kappa shape index (κ2) is 7.29. The molecule has 1 fully saturated rings. The molecular formula is C14H30N2. The van der Waals surface area contributed by atoms with Gasteiger partial charge in [0.2, 0.25) is 0 Å². The molecule has 0 radical (unpaired) electrons. The van der Waals surface area contributed by atoms with E-state index in [0.29, 0.717) is 0 Å². The van der Waals surface area contributed by atoms with E-state index < -0.39 is 0 Å². The lowest BCUT2D eigenvalue weighted by Gasteiger charge is -2.44. The van der Waals surface area contributed by atoms with E-state index in [4.69, 9.17) is 0 Å². The molecule has 2 nitrogen and oxygen atoms in total. The summed E-state index contributed by atoms with van der Waals surface area (Å²) < 4.78 is 0. The van der Waals surface area contributed by atoms with E-state index in [0.717, 1.165) is 12.1 Å². The van der Waals surface area contributed by atoms with Crippen molar-refractivity contribution in [3.8, 4) is 0 Å². The van der Waals surface area contributed by atoms with Gasteiger partial charge in [-0.3, -0.25) is 9.80 Å². The number of hydrogen-bond acceptors (Lipinski definition) is 2. The van der Waals surface area contributed by atoms with Gasteiger partial charge < -0.3 is 0 Å². The van der Waals surface area contributed by atoms with Crippen LogP contribution >= 0.6 is 0 Å². The second-order valence-corrected chi connectivity index (χ2v) is 4.86. The molecule has 2 heteroatoms. The first-order valence-electron chi connectivity index (χ1n) is 7.26. The van der Waals surface area contributed by atoms with Crippen molar-refractivity contribution in [3.63, 3.8) is 0 Å². The van der Waals surface area contributed by atoms with E-state index in [9.17, 15) is 0 Å². The van der Waals surface area contributed by atoms with Gasteiger partial charge in [0.05, 0.1) is 0 Å². The Bertz CT molecular complexity index is 154. The summed E-state index contributed by atoms with van der Waals surface area (Å²) in [6.07, 6.45) is 5.67. The molecule has 0 bridgehead atoms. The van der Waals surface area contributed by atoms with Gasteiger partial charge in [-0.15, -0.1) is 0 Å². The van der Waals surface area contributed by atoms with Crippen molar-refractivity contribution in [2.24, 2.45) is 0 Å². The monoisotopic (exact) mass is 226 g/mol. The average Bonchev–Trinajstić information content (AvgIpc) is 2.34. The summed E-state index contributed by atoms with van der Waals surface area (Å²) in [6.45, 7) is 14.0. The fraction of sp³-hybridized carbons (Fsp3) is 1.00. The maximum absolute atomic E-state index is 2.67. The van der Waals surface area contributed by atoms with Crippen LogP contribution in [0.4, 0.5) is 0 Å². The molecule has 2 atom stereocenters. The van der Waals surface area contributed by atoms with Crippen LogP contribution in [0.25, 0.3) is 0 Å². The first-order chi connectivity index (χ1) is 7.78. The molecule has 0 aromatic heterocycles. The molecule has 0 spiro atoms. The Morgan fingerprint density at radius 2 is 1.00 bits per heavy atom. The quantitative estimate of drug-likeness (QED) is 0.687. The third kappa shape index (κ3) is 3.21. The minimum atomic E-state index is 0.809. The molecule has 0 N–H and O–H groups in total. The maximum Gasteiger partial charge on any atom is 0.0251 e. The molecular weight excluding hydrogens is 196 g/mol. The van der Waals surface area contributed by atoms with Gasteiger partial charge in [0, 0.05) is 12.1 Å². The molecule has 0 heterocycles. The van der Waals surface area contributed by atoms with Gasteiger partial charge >= 0.3 is 0 Å². The van der Waals surface area contributed by atoms with Crippen molar-refractivity contribution in [3.05, 3.63) is 0 Å². The van der Waals surface area contributed by atoms with Crippen molar-refractivity contribution >= 4 is 0 Å². The topological polar surface area (TPSA) is 6.48 Å². The fourth-order valence-electron chi connectivity index (χ4n) is 3.33. The minimum absolute atomic E-state index is 0.809.